The van der Waals surface area contributed by atoms with Crippen LogP contribution in [0.4, 0.5) is 0 Å². The summed E-state index contributed by atoms with van der Waals surface area (Å²) in [6, 6.07) is 3.87. The highest BCUT2D eigenvalue weighted by molar-refractivity contribution is 7.13. The summed E-state index contributed by atoms with van der Waals surface area (Å²) in [5, 5.41) is 0. The maximum atomic E-state index is 12.3. The zero-order valence-electron chi connectivity index (χ0n) is 11.9. The van der Waals surface area contributed by atoms with Crippen LogP contribution >= 0.6 is 11.3 Å². The van der Waals surface area contributed by atoms with E-state index in [0.717, 1.165) is 35.9 Å². The second kappa shape index (κ2) is 6.85. The minimum Gasteiger partial charge on any atom is -0.469 e. The van der Waals surface area contributed by atoms with Gasteiger partial charge in [0, 0.05) is 37.6 Å². The second-order valence-corrected chi connectivity index (χ2v) is 6.16. The van der Waals surface area contributed by atoms with Gasteiger partial charge in [-0.3, -0.25) is 14.5 Å². The summed E-state index contributed by atoms with van der Waals surface area (Å²) >= 11 is 1.54. The van der Waals surface area contributed by atoms with Crippen molar-refractivity contribution in [2.24, 2.45) is 0 Å². The van der Waals surface area contributed by atoms with Crippen molar-refractivity contribution in [3.05, 3.63) is 21.9 Å². The zero-order valence-corrected chi connectivity index (χ0v) is 12.7. The van der Waals surface area contributed by atoms with Crippen molar-refractivity contribution in [1.29, 1.82) is 0 Å². The summed E-state index contributed by atoms with van der Waals surface area (Å²) < 4.78 is 4.63. The first-order valence-electron chi connectivity index (χ1n) is 6.75. The molecule has 1 amide bonds. The van der Waals surface area contributed by atoms with Crippen molar-refractivity contribution in [2.45, 2.75) is 13.3 Å². The molecule has 0 radical (unpaired) electrons. The number of aryl methyl sites for hydroxylation is 1. The maximum absolute atomic E-state index is 12.3. The van der Waals surface area contributed by atoms with Crippen molar-refractivity contribution >= 4 is 23.2 Å². The number of piperazine rings is 1. The number of methoxy groups -OCH3 is 1. The summed E-state index contributed by atoms with van der Waals surface area (Å²) in [5.41, 5.74) is 0. The molecule has 6 heteroatoms. The molecule has 20 heavy (non-hydrogen) atoms. The lowest BCUT2D eigenvalue weighted by Crippen LogP contribution is -2.48. The number of nitrogens with zero attached hydrogens (tertiary/aromatic N) is 2. The Morgan fingerprint density at radius 1 is 1.25 bits per heavy atom. The highest BCUT2D eigenvalue weighted by atomic mass is 32.1. The number of rotatable bonds is 4. The molecule has 5 nitrogen and oxygen atoms in total. The van der Waals surface area contributed by atoms with Gasteiger partial charge in [-0.25, -0.2) is 0 Å². The summed E-state index contributed by atoms with van der Waals surface area (Å²) in [6.45, 7) is 5.77. The normalized spacial score (nSPS) is 16.2. The van der Waals surface area contributed by atoms with E-state index in [0.29, 0.717) is 13.0 Å². The van der Waals surface area contributed by atoms with E-state index in [1.54, 1.807) is 11.3 Å². The molecule has 2 heterocycles. The molecule has 0 aliphatic carbocycles. The lowest BCUT2D eigenvalue weighted by atomic mass is 10.2. The van der Waals surface area contributed by atoms with Gasteiger partial charge in [-0.2, -0.15) is 0 Å². The van der Waals surface area contributed by atoms with E-state index in [2.05, 4.69) is 9.64 Å². The molecule has 110 valence electrons. The van der Waals surface area contributed by atoms with Crippen molar-refractivity contribution in [2.75, 3.05) is 39.8 Å². The minimum atomic E-state index is -0.183. The van der Waals surface area contributed by atoms with Gasteiger partial charge < -0.3 is 9.64 Å². The van der Waals surface area contributed by atoms with E-state index < -0.39 is 0 Å². The first-order chi connectivity index (χ1) is 9.60. The zero-order chi connectivity index (χ0) is 14.5. The molecule has 1 aromatic heterocycles. The first-order valence-corrected chi connectivity index (χ1v) is 7.56. The fourth-order valence-electron chi connectivity index (χ4n) is 2.23. The lowest BCUT2D eigenvalue weighted by Gasteiger charge is -2.34. The van der Waals surface area contributed by atoms with E-state index in [4.69, 9.17) is 0 Å². The molecule has 0 unspecified atom stereocenters. The first kappa shape index (κ1) is 15.0. The monoisotopic (exact) mass is 296 g/mol. The highest BCUT2D eigenvalue weighted by Crippen LogP contribution is 2.18. The van der Waals surface area contributed by atoms with E-state index >= 15 is 0 Å². The molecule has 0 atom stereocenters. The topological polar surface area (TPSA) is 49.9 Å². The summed E-state index contributed by atoms with van der Waals surface area (Å²) in [5.74, 6) is -0.0618. The molecule has 0 saturated carbocycles. The van der Waals surface area contributed by atoms with E-state index in [-0.39, 0.29) is 11.9 Å². The van der Waals surface area contributed by atoms with Crippen LogP contribution in [0.3, 0.4) is 0 Å². The van der Waals surface area contributed by atoms with Gasteiger partial charge in [0.2, 0.25) is 0 Å². The number of carbonyl (C=O) groups is 2. The van der Waals surface area contributed by atoms with Crippen LogP contribution in [0.15, 0.2) is 12.1 Å². The van der Waals surface area contributed by atoms with E-state index in [9.17, 15) is 9.59 Å². The van der Waals surface area contributed by atoms with Gasteiger partial charge in [-0.15, -0.1) is 11.3 Å². The third-order valence-corrected chi connectivity index (χ3v) is 4.46. The van der Waals surface area contributed by atoms with Crippen LogP contribution < -0.4 is 0 Å². The Hall–Kier alpha value is -1.40. The molecule has 1 saturated heterocycles. The van der Waals surface area contributed by atoms with Gasteiger partial charge in [0.25, 0.3) is 5.91 Å². The number of thiophene rings is 1. The van der Waals surface area contributed by atoms with Crippen molar-refractivity contribution in [1.82, 2.24) is 9.80 Å². The fraction of sp³-hybridized carbons (Fsp3) is 0.571. The summed E-state index contributed by atoms with van der Waals surface area (Å²) in [7, 11) is 1.40. The van der Waals surface area contributed by atoms with Gasteiger partial charge in [0.05, 0.1) is 18.4 Å². The van der Waals surface area contributed by atoms with Gasteiger partial charge in [0.15, 0.2) is 0 Å². The molecule has 1 fully saturated rings. The third-order valence-electron chi connectivity index (χ3n) is 3.47. The van der Waals surface area contributed by atoms with Crippen molar-refractivity contribution < 1.29 is 14.3 Å². The van der Waals surface area contributed by atoms with Crippen LogP contribution in [0.2, 0.25) is 0 Å². The molecule has 0 aromatic carbocycles. The molecule has 1 aliphatic rings. The van der Waals surface area contributed by atoms with Crippen LogP contribution in [0.25, 0.3) is 0 Å². The van der Waals surface area contributed by atoms with Gasteiger partial charge in [-0.05, 0) is 19.1 Å². The van der Waals surface area contributed by atoms with Gasteiger partial charge >= 0.3 is 5.97 Å². The molecule has 0 spiro atoms. The van der Waals surface area contributed by atoms with Crippen LogP contribution in [-0.4, -0.2) is 61.5 Å². The van der Waals surface area contributed by atoms with Gasteiger partial charge in [0.1, 0.15) is 0 Å². The molecule has 0 bridgehead atoms. The van der Waals surface area contributed by atoms with E-state index in [1.807, 2.05) is 24.0 Å². The number of esters is 1. The van der Waals surface area contributed by atoms with Crippen LogP contribution in [0.5, 0.6) is 0 Å². The molecule has 1 aliphatic heterocycles. The number of hydrogen-bond donors (Lipinski definition) is 0. The Kier molecular flexibility index (Phi) is 5.14. The van der Waals surface area contributed by atoms with Crippen LogP contribution in [-0.2, 0) is 9.53 Å². The van der Waals surface area contributed by atoms with E-state index in [1.165, 1.54) is 7.11 Å². The highest BCUT2D eigenvalue weighted by Gasteiger charge is 2.23. The average molecular weight is 296 g/mol. The van der Waals surface area contributed by atoms with Crippen molar-refractivity contribution in [3.8, 4) is 0 Å². The summed E-state index contributed by atoms with van der Waals surface area (Å²) in [6.07, 6.45) is 0.411. The third kappa shape index (κ3) is 3.80. The number of ether oxygens (including phenoxy) is 1. The Bertz CT molecular complexity index is 479. The maximum Gasteiger partial charge on any atom is 0.306 e. The predicted molar refractivity (Wildman–Crippen MR) is 78.0 cm³/mol. The smallest absolute Gasteiger partial charge is 0.306 e. The Balaban J connectivity index is 1.79. The van der Waals surface area contributed by atoms with Gasteiger partial charge in [-0.1, -0.05) is 0 Å². The SMILES string of the molecule is COC(=O)CCN1CCN(C(=O)c2ccc(C)s2)CC1. The Morgan fingerprint density at radius 2 is 1.95 bits per heavy atom. The largest absolute Gasteiger partial charge is 0.469 e. The molecular formula is C14H20N2O3S. The average Bonchev–Trinajstić information content (AvgIpc) is 2.91. The number of amides is 1. The fourth-order valence-corrected chi connectivity index (χ4v) is 3.07. The minimum absolute atomic E-state index is 0.121. The second-order valence-electron chi connectivity index (χ2n) is 4.87. The van der Waals surface area contributed by atoms with Crippen molar-refractivity contribution in [3.63, 3.8) is 0 Å². The number of hydrogen-bond acceptors (Lipinski definition) is 5. The Morgan fingerprint density at radius 3 is 2.50 bits per heavy atom. The predicted octanol–water partition coefficient (Wildman–Crippen LogP) is 1.38. The lowest BCUT2D eigenvalue weighted by molar-refractivity contribution is -0.141. The summed E-state index contributed by atoms with van der Waals surface area (Å²) in [4.78, 5) is 29.4. The molecule has 0 N–H and O–H groups in total. The molecule has 2 rings (SSSR count). The standard InChI is InChI=1S/C14H20N2O3S/c1-11-3-4-12(20-11)14(18)16-9-7-15(8-10-16)6-5-13(17)19-2/h3-4H,5-10H2,1-2H3. The molecule has 1 aromatic rings. The number of carbonyl (C=O) groups excluding carboxylic acids is 2. The Labute approximate surface area is 123 Å². The van der Waals surface area contributed by atoms with Crippen LogP contribution in [0.1, 0.15) is 21.0 Å². The molecular weight excluding hydrogens is 276 g/mol. The quantitative estimate of drug-likeness (QED) is 0.788. The van der Waals surface area contributed by atoms with Crippen LogP contribution in [0, 0.1) is 6.92 Å².